The summed E-state index contributed by atoms with van der Waals surface area (Å²) in [5.74, 6) is 6.48. The minimum atomic E-state index is 0.390. The molecule has 1 aliphatic heterocycles. The Bertz CT molecular complexity index is 937. The average Bonchev–Trinajstić information content (AvgIpc) is 2.83. The van der Waals surface area contributed by atoms with Crippen LogP contribution in [-0.4, -0.2) is 64.1 Å². The van der Waals surface area contributed by atoms with E-state index in [1.165, 1.54) is 0 Å². The summed E-state index contributed by atoms with van der Waals surface area (Å²) < 4.78 is 16.4. The van der Waals surface area contributed by atoms with Crippen LogP contribution in [0.25, 0.3) is 11.4 Å². The zero-order valence-electron chi connectivity index (χ0n) is 18.8. The third-order valence-electron chi connectivity index (χ3n) is 5.27. The lowest BCUT2D eigenvalue weighted by molar-refractivity contribution is -0.107. The summed E-state index contributed by atoms with van der Waals surface area (Å²) in [6.07, 6.45) is 0.833. The van der Waals surface area contributed by atoms with Crippen molar-refractivity contribution in [2.24, 2.45) is 17.3 Å². The number of carbonyl (C=O) groups excluding carboxylic acids is 1. The molecule has 0 bridgehead atoms. The first kappa shape index (κ1) is 24.7. The number of hydrogen-bond donors (Lipinski definition) is 3. The minimum Gasteiger partial charge on any atom is -0.396 e. The highest BCUT2D eigenvalue weighted by Crippen LogP contribution is 2.36. The van der Waals surface area contributed by atoms with Crippen LogP contribution >= 0.6 is 0 Å². The summed E-state index contributed by atoms with van der Waals surface area (Å²) >= 11 is 0. The molecule has 0 unspecified atom stereocenters. The van der Waals surface area contributed by atoms with Crippen LogP contribution in [0.5, 0.6) is 0 Å². The van der Waals surface area contributed by atoms with E-state index in [9.17, 15) is 4.79 Å². The maximum absolute atomic E-state index is 11.9. The third kappa shape index (κ3) is 6.53. The predicted molar refractivity (Wildman–Crippen MR) is 129 cm³/mol. The number of hydrogen-bond acceptors (Lipinski definition) is 8. The van der Waals surface area contributed by atoms with Gasteiger partial charge in [0, 0.05) is 17.7 Å². The van der Waals surface area contributed by atoms with Crippen molar-refractivity contribution in [2.75, 3.05) is 57.6 Å². The summed E-state index contributed by atoms with van der Waals surface area (Å²) in [4.78, 5) is 13.6. The standard InChI is InChI=1S/C24H33N5O4/c25-9-11-31-13-15-33-16-14-32-12-10-29(27)24-21-7-3-4-8-22(21)28(18-30)17-19-5-1-2-6-20(19)23(24)26/h1-8,18H,9-17,25-27H2/b24-23-. The molecule has 0 aliphatic carbocycles. The lowest BCUT2D eigenvalue weighted by atomic mass is 9.96. The molecule has 0 spiro atoms. The molecular formula is C24H33N5O4. The molecule has 0 aromatic heterocycles. The van der Waals surface area contributed by atoms with Crippen molar-refractivity contribution in [2.45, 2.75) is 6.54 Å². The van der Waals surface area contributed by atoms with E-state index < -0.39 is 0 Å². The molecule has 0 atom stereocenters. The summed E-state index contributed by atoms with van der Waals surface area (Å²) in [6.45, 7) is 4.18. The Morgan fingerprint density at radius 3 is 2.18 bits per heavy atom. The molecule has 1 amide bonds. The van der Waals surface area contributed by atoms with Gasteiger partial charge in [-0.1, -0.05) is 42.5 Å². The first-order chi connectivity index (χ1) is 16.2. The average molecular weight is 456 g/mol. The first-order valence-electron chi connectivity index (χ1n) is 11.0. The number of ether oxygens (including phenoxy) is 3. The molecular weight excluding hydrogens is 422 g/mol. The molecule has 0 saturated carbocycles. The van der Waals surface area contributed by atoms with Gasteiger partial charge in [0.2, 0.25) is 6.41 Å². The van der Waals surface area contributed by atoms with Crippen molar-refractivity contribution in [3.05, 3.63) is 65.2 Å². The van der Waals surface area contributed by atoms with Crippen molar-refractivity contribution in [1.29, 1.82) is 0 Å². The summed E-state index contributed by atoms with van der Waals surface area (Å²) in [6, 6.07) is 15.4. The van der Waals surface area contributed by atoms with Crippen molar-refractivity contribution >= 4 is 23.5 Å². The van der Waals surface area contributed by atoms with Crippen LogP contribution < -0.4 is 22.2 Å². The topological polar surface area (TPSA) is 129 Å². The number of rotatable bonds is 13. The Hall–Kier alpha value is -2.95. The van der Waals surface area contributed by atoms with Crippen molar-refractivity contribution < 1.29 is 19.0 Å². The second-order valence-corrected chi connectivity index (χ2v) is 7.49. The van der Waals surface area contributed by atoms with Crippen molar-refractivity contribution in [1.82, 2.24) is 5.01 Å². The van der Waals surface area contributed by atoms with E-state index in [1.54, 1.807) is 9.91 Å². The van der Waals surface area contributed by atoms with Crippen LogP contribution in [0.3, 0.4) is 0 Å². The molecule has 1 heterocycles. The molecule has 0 saturated heterocycles. The summed E-state index contributed by atoms with van der Waals surface area (Å²) in [5.41, 5.74) is 16.6. The smallest absolute Gasteiger partial charge is 0.214 e. The highest BCUT2D eigenvalue weighted by Gasteiger charge is 2.24. The van der Waals surface area contributed by atoms with Crippen LogP contribution in [0.4, 0.5) is 5.69 Å². The van der Waals surface area contributed by atoms with Crippen LogP contribution in [-0.2, 0) is 25.5 Å². The van der Waals surface area contributed by atoms with Crippen LogP contribution in [0, 0.1) is 0 Å². The monoisotopic (exact) mass is 455 g/mol. The SMILES string of the molecule is NCCOCCOCCOCCN(N)/C1=C(\N)c2ccccc2CN(C=O)c2ccccc21. The van der Waals surface area contributed by atoms with Crippen LogP contribution in [0.2, 0.25) is 0 Å². The number of para-hydroxylation sites is 1. The second-order valence-electron chi connectivity index (χ2n) is 7.49. The van der Waals surface area contributed by atoms with Gasteiger partial charge in [-0.2, -0.15) is 0 Å². The first-order valence-corrected chi connectivity index (χ1v) is 11.0. The van der Waals surface area contributed by atoms with Gasteiger partial charge in [0.1, 0.15) is 0 Å². The highest BCUT2D eigenvalue weighted by molar-refractivity contribution is 5.96. The Morgan fingerprint density at radius 2 is 1.48 bits per heavy atom. The van der Waals surface area contributed by atoms with Crippen molar-refractivity contribution in [3.63, 3.8) is 0 Å². The Balaban J connectivity index is 1.68. The van der Waals surface area contributed by atoms with E-state index in [0.717, 1.165) is 28.8 Å². The lowest BCUT2D eigenvalue weighted by Crippen LogP contribution is -2.36. The predicted octanol–water partition coefficient (Wildman–Crippen LogP) is 1.13. The molecule has 2 aromatic carbocycles. The maximum atomic E-state index is 11.9. The minimum absolute atomic E-state index is 0.390. The Kier molecular flexibility index (Phi) is 9.67. The van der Waals surface area contributed by atoms with Gasteiger partial charge in [-0.3, -0.25) is 4.79 Å². The number of nitrogens with two attached hydrogens (primary N) is 3. The number of carbonyl (C=O) groups is 1. The van der Waals surface area contributed by atoms with E-state index in [4.69, 9.17) is 31.5 Å². The third-order valence-corrected chi connectivity index (χ3v) is 5.27. The number of benzene rings is 2. The molecule has 0 radical (unpaired) electrons. The fourth-order valence-corrected chi connectivity index (χ4v) is 3.69. The van der Waals surface area contributed by atoms with Gasteiger partial charge in [-0.05, 0) is 11.6 Å². The Morgan fingerprint density at radius 1 is 0.879 bits per heavy atom. The Labute approximate surface area is 194 Å². The molecule has 9 heteroatoms. The van der Waals surface area contributed by atoms with Crippen molar-refractivity contribution in [3.8, 4) is 0 Å². The van der Waals surface area contributed by atoms with Gasteiger partial charge in [0.15, 0.2) is 0 Å². The maximum Gasteiger partial charge on any atom is 0.214 e. The van der Waals surface area contributed by atoms with E-state index in [1.807, 2.05) is 48.5 Å². The van der Waals surface area contributed by atoms with Gasteiger partial charge < -0.3 is 35.6 Å². The highest BCUT2D eigenvalue weighted by atomic mass is 16.5. The lowest BCUT2D eigenvalue weighted by Gasteiger charge is -2.31. The zero-order valence-corrected chi connectivity index (χ0v) is 18.8. The number of anilines is 1. The molecule has 2 aromatic rings. The molecule has 178 valence electrons. The molecule has 0 fully saturated rings. The van der Waals surface area contributed by atoms with Gasteiger partial charge >= 0.3 is 0 Å². The molecule has 3 rings (SSSR count). The van der Waals surface area contributed by atoms with Gasteiger partial charge in [-0.15, -0.1) is 0 Å². The quantitative estimate of drug-likeness (QED) is 0.177. The molecule has 33 heavy (non-hydrogen) atoms. The largest absolute Gasteiger partial charge is 0.396 e. The zero-order chi connectivity index (χ0) is 23.5. The number of fused-ring (bicyclic) bond motifs is 2. The fourth-order valence-electron chi connectivity index (χ4n) is 3.69. The van der Waals surface area contributed by atoms with E-state index in [0.29, 0.717) is 70.7 Å². The van der Waals surface area contributed by atoms with E-state index >= 15 is 0 Å². The van der Waals surface area contributed by atoms with Gasteiger partial charge in [0.25, 0.3) is 0 Å². The van der Waals surface area contributed by atoms with Crippen LogP contribution in [0.15, 0.2) is 48.5 Å². The van der Waals surface area contributed by atoms with Gasteiger partial charge in [-0.25, -0.2) is 5.84 Å². The van der Waals surface area contributed by atoms with Gasteiger partial charge in [0.05, 0.1) is 69.8 Å². The second kappa shape index (κ2) is 12.9. The molecule has 1 aliphatic rings. The van der Waals surface area contributed by atoms with Crippen LogP contribution in [0.1, 0.15) is 16.7 Å². The molecule has 6 N–H and O–H groups in total. The van der Waals surface area contributed by atoms with E-state index in [-0.39, 0.29) is 0 Å². The number of nitrogens with zero attached hydrogens (tertiary/aromatic N) is 2. The normalized spacial score (nSPS) is 15.4. The summed E-state index contributed by atoms with van der Waals surface area (Å²) in [5, 5.41) is 1.58. The molecule has 9 nitrogen and oxygen atoms in total. The van der Waals surface area contributed by atoms with E-state index in [2.05, 4.69) is 0 Å². The fraction of sp³-hybridized carbons (Fsp3) is 0.375. The number of amides is 1. The number of hydrazine groups is 1. The summed E-state index contributed by atoms with van der Waals surface area (Å²) in [7, 11) is 0.